The lowest BCUT2D eigenvalue weighted by atomic mass is 10.0. The number of hydrogen-bond acceptors (Lipinski definition) is 1. The van der Waals surface area contributed by atoms with Gasteiger partial charge in [-0.2, -0.15) is 0 Å². The third-order valence-corrected chi connectivity index (χ3v) is 3.11. The fraction of sp³-hybridized carbons (Fsp3) is 0.312. The van der Waals surface area contributed by atoms with Gasteiger partial charge in [-0.15, -0.1) is 0 Å². The largest absolute Gasteiger partial charge is 0.265 e. The number of pyridine rings is 1. The minimum Gasteiger partial charge on any atom is -0.265 e. The molecule has 0 amide bonds. The molecule has 88 valence electrons. The number of aryl methyl sites for hydroxylation is 3. The highest BCUT2D eigenvalue weighted by Crippen LogP contribution is 2.09. The molecule has 2 rings (SSSR count). The van der Waals surface area contributed by atoms with Crippen LogP contribution in [0.25, 0.3) is 0 Å². The summed E-state index contributed by atoms with van der Waals surface area (Å²) in [5.74, 6) is 0. The number of aromatic nitrogens is 1. The lowest BCUT2D eigenvalue weighted by Gasteiger charge is -2.03. The molecule has 0 unspecified atom stereocenters. The van der Waals surface area contributed by atoms with E-state index in [2.05, 4.69) is 48.3 Å². The van der Waals surface area contributed by atoms with Crippen molar-refractivity contribution >= 4 is 0 Å². The fourth-order valence-electron chi connectivity index (χ4n) is 1.99. The summed E-state index contributed by atoms with van der Waals surface area (Å²) in [4.78, 5) is 4.03. The molecule has 0 atom stereocenters. The quantitative estimate of drug-likeness (QED) is 0.754. The maximum Gasteiger partial charge on any atom is 0.0270 e. The monoisotopic (exact) mass is 225 g/mol. The topological polar surface area (TPSA) is 12.9 Å². The maximum atomic E-state index is 4.03. The Kier molecular flexibility index (Phi) is 4.31. The Morgan fingerprint density at radius 1 is 0.765 bits per heavy atom. The van der Waals surface area contributed by atoms with E-state index in [1.54, 1.807) is 0 Å². The SMILES string of the molecule is CCc1ccc(CCCc2ccncc2)cc1. The first-order chi connectivity index (χ1) is 8.38. The molecule has 0 aliphatic rings. The number of rotatable bonds is 5. The van der Waals surface area contributed by atoms with Gasteiger partial charge in [-0.3, -0.25) is 4.98 Å². The molecule has 0 bridgehead atoms. The second-order valence-corrected chi connectivity index (χ2v) is 4.38. The van der Waals surface area contributed by atoms with Crippen molar-refractivity contribution in [1.82, 2.24) is 4.98 Å². The van der Waals surface area contributed by atoms with Crippen LogP contribution in [0.4, 0.5) is 0 Å². The van der Waals surface area contributed by atoms with Gasteiger partial charge >= 0.3 is 0 Å². The second-order valence-electron chi connectivity index (χ2n) is 4.38. The highest BCUT2D eigenvalue weighted by molar-refractivity contribution is 5.22. The van der Waals surface area contributed by atoms with Gasteiger partial charge in [0, 0.05) is 12.4 Å². The first-order valence-corrected chi connectivity index (χ1v) is 6.35. The molecule has 0 saturated heterocycles. The number of nitrogens with zero attached hydrogens (tertiary/aromatic N) is 1. The standard InChI is InChI=1S/C16H19N/c1-2-14-6-8-15(9-7-14)4-3-5-16-10-12-17-13-11-16/h6-13H,2-5H2,1H3. The molecular formula is C16H19N. The van der Waals surface area contributed by atoms with Crippen molar-refractivity contribution in [2.75, 3.05) is 0 Å². The van der Waals surface area contributed by atoms with Gasteiger partial charge in [0.2, 0.25) is 0 Å². The molecule has 2 aromatic rings. The summed E-state index contributed by atoms with van der Waals surface area (Å²) in [5.41, 5.74) is 4.24. The van der Waals surface area contributed by atoms with Crippen LogP contribution in [0, 0.1) is 0 Å². The molecular weight excluding hydrogens is 206 g/mol. The summed E-state index contributed by atoms with van der Waals surface area (Å²) in [5, 5.41) is 0. The summed E-state index contributed by atoms with van der Waals surface area (Å²) in [7, 11) is 0. The summed E-state index contributed by atoms with van der Waals surface area (Å²) in [6, 6.07) is 13.2. The minimum absolute atomic E-state index is 1.12. The Morgan fingerprint density at radius 3 is 1.88 bits per heavy atom. The van der Waals surface area contributed by atoms with E-state index in [1.807, 2.05) is 12.4 Å². The molecule has 0 saturated carbocycles. The van der Waals surface area contributed by atoms with Crippen molar-refractivity contribution in [3.8, 4) is 0 Å². The van der Waals surface area contributed by atoms with Gasteiger partial charge in [0.25, 0.3) is 0 Å². The highest BCUT2D eigenvalue weighted by Gasteiger charge is 1.96. The first kappa shape index (κ1) is 11.8. The van der Waals surface area contributed by atoms with E-state index in [4.69, 9.17) is 0 Å². The number of hydrogen-bond donors (Lipinski definition) is 0. The minimum atomic E-state index is 1.12. The molecule has 0 aliphatic carbocycles. The van der Waals surface area contributed by atoms with Gasteiger partial charge in [0.15, 0.2) is 0 Å². The van der Waals surface area contributed by atoms with Gasteiger partial charge < -0.3 is 0 Å². The second kappa shape index (κ2) is 6.19. The Balaban J connectivity index is 1.82. The first-order valence-electron chi connectivity index (χ1n) is 6.35. The normalized spacial score (nSPS) is 10.4. The number of benzene rings is 1. The van der Waals surface area contributed by atoms with Crippen molar-refractivity contribution in [3.63, 3.8) is 0 Å². The van der Waals surface area contributed by atoms with Crippen LogP contribution in [-0.2, 0) is 19.3 Å². The molecule has 1 heterocycles. The molecule has 1 nitrogen and oxygen atoms in total. The molecule has 1 aromatic heterocycles. The van der Waals surface area contributed by atoms with Crippen molar-refractivity contribution in [2.24, 2.45) is 0 Å². The zero-order chi connectivity index (χ0) is 11.9. The molecule has 1 aromatic carbocycles. The molecule has 0 N–H and O–H groups in total. The van der Waals surface area contributed by atoms with Gasteiger partial charge in [-0.05, 0) is 54.5 Å². The van der Waals surface area contributed by atoms with Crippen LogP contribution in [0.1, 0.15) is 30.0 Å². The summed E-state index contributed by atoms with van der Waals surface area (Å²) < 4.78 is 0. The van der Waals surface area contributed by atoms with E-state index in [1.165, 1.54) is 23.1 Å². The Bertz CT molecular complexity index is 431. The third-order valence-electron chi connectivity index (χ3n) is 3.11. The summed E-state index contributed by atoms with van der Waals surface area (Å²) in [6.07, 6.45) is 8.36. The molecule has 0 fully saturated rings. The van der Waals surface area contributed by atoms with E-state index in [0.717, 1.165) is 19.3 Å². The van der Waals surface area contributed by atoms with Crippen molar-refractivity contribution in [2.45, 2.75) is 32.6 Å². The van der Waals surface area contributed by atoms with Crippen LogP contribution < -0.4 is 0 Å². The van der Waals surface area contributed by atoms with Crippen molar-refractivity contribution < 1.29 is 0 Å². The summed E-state index contributed by atoms with van der Waals surface area (Å²) in [6.45, 7) is 2.19. The van der Waals surface area contributed by atoms with E-state index >= 15 is 0 Å². The van der Waals surface area contributed by atoms with Crippen LogP contribution >= 0.6 is 0 Å². The predicted molar refractivity (Wildman–Crippen MR) is 72.1 cm³/mol. The van der Waals surface area contributed by atoms with Gasteiger partial charge in [0.05, 0.1) is 0 Å². The molecule has 0 aliphatic heterocycles. The lowest BCUT2D eigenvalue weighted by Crippen LogP contribution is -1.91. The Morgan fingerprint density at radius 2 is 1.29 bits per heavy atom. The average Bonchev–Trinajstić information content (AvgIpc) is 2.41. The van der Waals surface area contributed by atoms with Crippen molar-refractivity contribution in [3.05, 3.63) is 65.5 Å². The van der Waals surface area contributed by atoms with Crippen LogP contribution in [-0.4, -0.2) is 4.98 Å². The van der Waals surface area contributed by atoms with Crippen LogP contribution in [0.3, 0.4) is 0 Å². The van der Waals surface area contributed by atoms with E-state index in [0.29, 0.717) is 0 Å². The molecule has 1 heteroatoms. The van der Waals surface area contributed by atoms with Gasteiger partial charge in [0.1, 0.15) is 0 Å². The fourth-order valence-corrected chi connectivity index (χ4v) is 1.99. The molecule has 0 spiro atoms. The zero-order valence-electron chi connectivity index (χ0n) is 10.4. The smallest absolute Gasteiger partial charge is 0.0270 e. The lowest BCUT2D eigenvalue weighted by molar-refractivity contribution is 0.818. The van der Waals surface area contributed by atoms with E-state index in [-0.39, 0.29) is 0 Å². The zero-order valence-corrected chi connectivity index (χ0v) is 10.4. The average molecular weight is 225 g/mol. The Labute approximate surface area is 104 Å². The van der Waals surface area contributed by atoms with Gasteiger partial charge in [-0.25, -0.2) is 0 Å². The third kappa shape index (κ3) is 3.70. The summed E-state index contributed by atoms with van der Waals surface area (Å²) >= 11 is 0. The maximum absolute atomic E-state index is 4.03. The predicted octanol–water partition coefficient (Wildman–Crippen LogP) is 3.82. The van der Waals surface area contributed by atoms with Crippen LogP contribution in [0.5, 0.6) is 0 Å². The molecule has 17 heavy (non-hydrogen) atoms. The van der Waals surface area contributed by atoms with Gasteiger partial charge in [-0.1, -0.05) is 31.2 Å². The van der Waals surface area contributed by atoms with Crippen molar-refractivity contribution in [1.29, 1.82) is 0 Å². The van der Waals surface area contributed by atoms with E-state index < -0.39 is 0 Å². The Hall–Kier alpha value is -1.63. The highest BCUT2D eigenvalue weighted by atomic mass is 14.6. The van der Waals surface area contributed by atoms with Crippen LogP contribution in [0.2, 0.25) is 0 Å². The molecule has 0 radical (unpaired) electrons. The van der Waals surface area contributed by atoms with Crippen LogP contribution in [0.15, 0.2) is 48.8 Å². The van der Waals surface area contributed by atoms with E-state index in [9.17, 15) is 0 Å².